The molecule has 0 fully saturated rings. The second-order valence-electron chi connectivity index (χ2n) is 6.41. The van der Waals surface area contributed by atoms with Gasteiger partial charge in [0.2, 0.25) is 15.9 Å². The molecule has 4 aromatic rings. The summed E-state index contributed by atoms with van der Waals surface area (Å²) in [6.07, 6.45) is 1.57. The number of fused-ring (bicyclic) bond motifs is 1. The van der Waals surface area contributed by atoms with E-state index in [0.29, 0.717) is 16.9 Å². The van der Waals surface area contributed by atoms with Crippen LogP contribution < -0.4 is 16.1 Å². The molecule has 0 aliphatic heterocycles. The molecule has 0 saturated carbocycles. The quantitative estimate of drug-likeness (QED) is 0.371. The number of hydrogen-bond donors (Lipinski definition) is 3. The van der Waals surface area contributed by atoms with E-state index in [1.54, 1.807) is 6.20 Å². The lowest BCUT2D eigenvalue weighted by Crippen LogP contribution is -2.20. The van der Waals surface area contributed by atoms with E-state index in [0.717, 1.165) is 17.3 Å². The third-order valence-electron chi connectivity index (χ3n) is 4.25. The molecule has 31 heavy (non-hydrogen) atoms. The first-order valence-corrected chi connectivity index (χ1v) is 11.4. The van der Waals surface area contributed by atoms with Crippen molar-refractivity contribution in [1.82, 2.24) is 19.6 Å². The van der Waals surface area contributed by atoms with E-state index < -0.39 is 15.7 Å². The number of nitrogens with one attached hydrogen (secondary N) is 2. The number of H-pyrrole nitrogens is 1. The van der Waals surface area contributed by atoms with Gasteiger partial charge < -0.3 is 5.32 Å². The summed E-state index contributed by atoms with van der Waals surface area (Å²) in [4.78, 5) is 31.5. The number of nitrogens with zero attached hydrogens (tertiary/aromatic N) is 3. The topological polar surface area (TPSA) is 152 Å². The SMILES string of the molecule is NS(=O)(=O)c1ccc(NC(=O)CSc2nc3c(-c4ccccc4)cnn3c(=O)[nH]2)cc1. The predicted octanol–water partition coefficient (Wildman–Crippen LogP) is 1.46. The van der Waals surface area contributed by atoms with Crippen molar-refractivity contribution in [2.24, 2.45) is 5.14 Å². The van der Waals surface area contributed by atoms with Crippen LogP contribution in [-0.2, 0) is 14.8 Å². The molecule has 0 aliphatic carbocycles. The van der Waals surface area contributed by atoms with Crippen molar-refractivity contribution < 1.29 is 13.2 Å². The molecule has 0 saturated heterocycles. The van der Waals surface area contributed by atoms with Gasteiger partial charge in [-0.3, -0.25) is 9.78 Å². The number of amides is 1. The van der Waals surface area contributed by atoms with Crippen LogP contribution in [0.4, 0.5) is 5.69 Å². The van der Waals surface area contributed by atoms with Gasteiger partial charge in [0.05, 0.1) is 16.8 Å². The molecule has 2 heterocycles. The van der Waals surface area contributed by atoms with Crippen LogP contribution in [0.1, 0.15) is 0 Å². The van der Waals surface area contributed by atoms with Gasteiger partial charge in [0.15, 0.2) is 10.8 Å². The van der Waals surface area contributed by atoms with E-state index in [1.807, 2.05) is 30.3 Å². The van der Waals surface area contributed by atoms with Gasteiger partial charge in [-0.15, -0.1) is 0 Å². The van der Waals surface area contributed by atoms with Crippen LogP contribution in [0, 0.1) is 0 Å². The molecule has 12 heteroatoms. The average Bonchev–Trinajstić information content (AvgIpc) is 3.17. The molecule has 158 valence electrons. The fourth-order valence-corrected chi connectivity index (χ4v) is 3.98. The molecular weight excluding hydrogens is 440 g/mol. The Balaban J connectivity index is 1.49. The maximum Gasteiger partial charge on any atom is 0.350 e. The maximum absolute atomic E-state index is 12.3. The highest BCUT2D eigenvalue weighted by Crippen LogP contribution is 2.23. The van der Waals surface area contributed by atoms with Gasteiger partial charge in [-0.25, -0.2) is 23.3 Å². The number of rotatable bonds is 6. The van der Waals surface area contributed by atoms with Crippen LogP contribution in [0.3, 0.4) is 0 Å². The third-order valence-corrected chi connectivity index (χ3v) is 6.05. The molecule has 0 spiro atoms. The first-order valence-electron chi connectivity index (χ1n) is 8.90. The Kier molecular flexibility index (Phi) is 5.59. The molecule has 4 rings (SSSR count). The fourth-order valence-electron chi connectivity index (χ4n) is 2.82. The standard InChI is InChI=1S/C19H16N6O4S2/c20-31(28,29)14-8-6-13(7-9-14)22-16(26)11-30-18-23-17-15(12-4-2-1-3-5-12)10-21-25(17)19(27)24-18/h1-10H,11H2,(H,22,26)(H2,20,28,29)(H,23,24,27). The summed E-state index contributed by atoms with van der Waals surface area (Å²) in [5, 5.41) is 12.0. The normalized spacial score (nSPS) is 11.5. The van der Waals surface area contributed by atoms with Crippen molar-refractivity contribution >= 4 is 39.0 Å². The molecule has 1 amide bonds. The minimum Gasteiger partial charge on any atom is -0.325 e. The number of anilines is 1. The first-order chi connectivity index (χ1) is 14.8. The van der Waals surface area contributed by atoms with Gasteiger partial charge in [0.25, 0.3) is 0 Å². The second-order valence-corrected chi connectivity index (χ2v) is 8.94. The summed E-state index contributed by atoms with van der Waals surface area (Å²) in [5.74, 6) is -0.377. The summed E-state index contributed by atoms with van der Waals surface area (Å²) in [6, 6.07) is 14.9. The maximum atomic E-state index is 12.3. The van der Waals surface area contributed by atoms with Gasteiger partial charge in [0, 0.05) is 11.3 Å². The van der Waals surface area contributed by atoms with Crippen molar-refractivity contribution in [3.63, 3.8) is 0 Å². The van der Waals surface area contributed by atoms with Gasteiger partial charge in [-0.2, -0.15) is 9.61 Å². The van der Waals surface area contributed by atoms with Crippen molar-refractivity contribution in [3.05, 3.63) is 71.3 Å². The van der Waals surface area contributed by atoms with Gasteiger partial charge in [-0.1, -0.05) is 42.1 Å². The summed E-state index contributed by atoms with van der Waals surface area (Å²) < 4.78 is 23.7. The number of thioether (sulfide) groups is 1. The molecule has 2 aromatic carbocycles. The number of aromatic nitrogens is 4. The molecule has 4 N–H and O–H groups in total. The van der Waals surface area contributed by atoms with Gasteiger partial charge in [-0.05, 0) is 29.8 Å². The largest absolute Gasteiger partial charge is 0.350 e. The Labute approximate surface area is 180 Å². The molecule has 0 radical (unpaired) electrons. The highest BCUT2D eigenvalue weighted by atomic mass is 32.2. The van der Waals surface area contributed by atoms with Crippen molar-refractivity contribution in [2.45, 2.75) is 10.1 Å². The highest BCUT2D eigenvalue weighted by Gasteiger charge is 2.13. The van der Waals surface area contributed by atoms with Crippen LogP contribution in [-0.4, -0.2) is 39.7 Å². The Hall–Kier alpha value is -3.48. The van der Waals surface area contributed by atoms with Crippen molar-refractivity contribution in [1.29, 1.82) is 0 Å². The second kappa shape index (κ2) is 8.34. The Morgan fingerprint density at radius 1 is 1.13 bits per heavy atom. The first kappa shape index (κ1) is 20.8. The molecule has 0 bridgehead atoms. The molecule has 0 atom stereocenters. The van der Waals surface area contributed by atoms with Crippen LogP contribution in [0.25, 0.3) is 16.8 Å². The number of carbonyl (C=O) groups is 1. The summed E-state index contributed by atoms with van der Waals surface area (Å²) >= 11 is 1.06. The smallest absolute Gasteiger partial charge is 0.325 e. The average molecular weight is 457 g/mol. The Bertz CT molecular complexity index is 1410. The van der Waals surface area contributed by atoms with E-state index >= 15 is 0 Å². The number of hydrogen-bond acceptors (Lipinski definition) is 7. The van der Waals surface area contributed by atoms with Crippen LogP contribution >= 0.6 is 11.8 Å². The van der Waals surface area contributed by atoms with E-state index in [2.05, 4.69) is 20.4 Å². The van der Waals surface area contributed by atoms with E-state index in [1.165, 1.54) is 28.8 Å². The molecule has 0 unspecified atom stereocenters. The zero-order valence-electron chi connectivity index (χ0n) is 15.8. The fraction of sp³-hybridized carbons (Fsp3) is 0.0526. The molecular formula is C19H16N6O4S2. The zero-order valence-corrected chi connectivity index (χ0v) is 17.5. The van der Waals surface area contributed by atoms with Crippen molar-refractivity contribution in [3.8, 4) is 11.1 Å². The summed E-state index contributed by atoms with van der Waals surface area (Å²) in [7, 11) is -3.80. The monoisotopic (exact) mass is 456 g/mol. The lowest BCUT2D eigenvalue weighted by Gasteiger charge is -2.06. The van der Waals surface area contributed by atoms with E-state index in [4.69, 9.17) is 5.14 Å². The number of nitrogens with two attached hydrogens (primary N) is 1. The highest BCUT2D eigenvalue weighted by molar-refractivity contribution is 7.99. The number of carbonyl (C=O) groups excluding carboxylic acids is 1. The van der Waals surface area contributed by atoms with Crippen LogP contribution in [0.5, 0.6) is 0 Å². The molecule has 10 nitrogen and oxygen atoms in total. The number of benzene rings is 2. The van der Waals surface area contributed by atoms with Gasteiger partial charge >= 0.3 is 5.69 Å². The third kappa shape index (κ3) is 4.66. The minimum atomic E-state index is -3.80. The summed E-state index contributed by atoms with van der Waals surface area (Å²) in [6.45, 7) is 0. The number of sulfonamides is 1. The molecule has 0 aliphatic rings. The lowest BCUT2D eigenvalue weighted by atomic mass is 10.1. The van der Waals surface area contributed by atoms with Gasteiger partial charge in [0.1, 0.15) is 0 Å². The number of aromatic amines is 1. The molecule has 2 aromatic heterocycles. The van der Waals surface area contributed by atoms with Crippen LogP contribution in [0.2, 0.25) is 0 Å². The predicted molar refractivity (Wildman–Crippen MR) is 116 cm³/mol. The minimum absolute atomic E-state index is 0.0230. The van der Waals surface area contributed by atoms with Crippen LogP contribution in [0.15, 0.2) is 75.6 Å². The Morgan fingerprint density at radius 2 is 1.84 bits per heavy atom. The van der Waals surface area contributed by atoms with Crippen molar-refractivity contribution in [2.75, 3.05) is 11.1 Å². The zero-order chi connectivity index (χ0) is 22.0. The summed E-state index contributed by atoms with van der Waals surface area (Å²) in [5.41, 5.74) is 1.90. The number of primary sulfonamides is 1. The lowest BCUT2D eigenvalue weighted by molar-refractivity contribution is -0.113. The van der Waals surface area contributed by atoms with E-state index in [9.17, 15) is 18.0 Å². The Morgan fingerprint density at radius 3 is 2.52 bits per heavy atom. The van der Waals surface area contributed by atoms with E-state index in [-0.39, 0.29) is 21.7 Å².